The molecule has 2 heterocycles. The molecule has 0 bridgehead atoms. The number of halogens is 2. The van der Waals surface area contributed by atoms with Gasteiger partial charge in [-0.2, -0.15) is 4.68 Å². The molecule has 4 rings (SSSR count). The van der Waals surface area contributed by atoms with E-state index >= 15 is 0 Å². The smallest absolute Gasteiger partial charge is 0.508 e. The van der Waals surface area contributed by atoms with Gasteiger partial charge in [0.1, 0.15) is 5.75 Å². The van der Waals surface area contributed by atoms with Crippen LogP contribution in [0.3, 0.4) is 0 Å². The van der Waals surface area contributed by atoms with Crippen molar-refractivity contribution >= 4 is 23.4 Å². The summed E-state index contributed by atoms with van der Waals surface area (Å²) < 4.78 is 36.1. The van der Waals surface area contributed by atoms with Gasteiger partial charge in [0.25, 0.3) is 0 Å². The first-order valence-corrected chi connectivity index (χ1v) is 8.78. The molecule has 1 amide bonds. The summed E-state index contributed by atoms with van der Waals surface area (Å²) in [7, 11) is 0. The number of nitrogens with one attached hydrogen (secondary N) is 1. The average molecular weight is 407 g/mol. The van der Waals surface area contributed by atoms with Crippen molar-refractivity contribution in [1.82, 2.24) is 20.2 Å². The van der Waals surface area contributed by atoms with Gasteiger partial charge in [0, 0.05) is 11.8 Å². The summed E-state index contributed by atoms with van der Waals surface area (Å²) in [6, 6.07) is 10.2. The standard InChI is InChI=1S/C16H11F2N5O4S/c17-16(18)26-12-6-1-9(7-13(12)27-16)19-14(25)8-28-15-20-21-22-23(15)10-2-4-11(24)5-3-10/h1-7,24H,8H2,(H,19,25). The largest absolute Gasteiger partial charge is 0.586 e. The molecule has 1 aromatic heterocycles. The number of anilines is 1. The van der Waals surface area contributed by atoms with E-state index in [4.69, 9.17) is 0 Å². The zero-order chi connectivity index (χ0) is 19.7. The molecule has 0 saturated heterocycles. The number of hydrogen-bond acceptors (Lipinski definition) is 8. The van der Waals surface area contributed by atoms with Gasteiger partial charge in [-0.1, -0.05) is 11.8 Å². The van der Waals surface area contributed by atoms with E-state index in [9.17, 15) is 18.7 Å². The summed E-state index contributed by atoms with van der Waals surface area (Å²) in [5.74, 6) is -0.580. The van der Waals surface area contributed by atoms with Crippen LogP contribution in [-0.4, -0.2) is 43.3 Å². The second-order valence-corrected chi connectivity index (χ2v) is 6.50. The molecule has 28 heavy (non-hydrogen) atoms. The van der Waals surface area contributed by atoms with Crippen molar-refractivity contribution in [2.75, 3.05) is 11.1 Å². The normalized spacial score (nSPS) is 14.1. The van der Waals surface area contributed by atoms with Crippen molar-refractivity contribution in [2.24, 2.45) is 0 Å². The Hall–Kier alpha value is -3.41. The lowest BCUT2D eigenvalue weighted by Crippen LogP contribution is -2.25. The number of aromatic nitrogens is 4. The van der Waals surface area contributed by atoms with Crippen LogP contribution in [0.4, 0.5) is 14.5 Å². The molecule has 2 N–H and O–H groups in total. The number of benzene rings is 2. The van der Waals surface area contributed by atoms with E-state index in [0.717, 1.165) is 11.8 Å². The van der Waals surface area contributed by atoms with Gasteiger partial charge in [-0.3, -0.25) is 4.79 Å². The third kappa shape index (κ3) is 3.81. The van der Waals surface area contributed by atoms with Crippen LogP contribution in [0.1, 0.15) is 0 Å². The maximum atomic E-state index is 13.0. The average Bonchev–Trinajstić information content (AvgIpc) is 3.22. The first-order valence-electron chi connectivity index (χ1n) is 7.80. The van der Waals surface area contributed by atoms with Crippen LogP contribution in [0, 0.1) is 0 Å². The minimum Gasteiger partial charge on any atom is -0.508 e. The molecule has 9 nitrogen and oxygen atoms in total. The molecule has 0 saturated carbocycles. The molecule has 0 atom stereocenters. The van der Waals surface area contributed by atoms with Crippen LogP contribution < -0.4 is 14.8 Å². The first-order chi connectivity index (χ1) is 13.4. The van der Waals surface area contributed by atoms with Gasteiger partial charge in [-0.15, -0.1) is 13.9 Å². The fourth-order valence-corrected chi connectivity index (χ4v) is 3.07. The molecule has 1 aliphatic heterocycles. The topological polar surface area (TPSA) is 111 Å². The minimum absolute atomic E-state index is 0.0247. The van der Waals surface area contributed by atoms with Crippen LogP contribution in [0.15, 0.2) is 47.6 Å². The molecule has 0 unspecified atom stereocenters. The maximum Gasteiger partial charge on any atom is 0.586 e. The molecule has 2 aromatic carbocycles. The summed E-state index contributed by atoms with van der Waals surface area (Å²) in [4.78, 5) is 12.2. The van der Waals surface area contributed by atoms with E-state index in [2.05, 4.69) is 30.3 Å². The SMILES string of the molecule is O=C(CSc1nnnn1-c1ccc(O)cc1)Nc1ccc2c(c1)OC(F)(F)O2. The lowest BCUT2D eigenvalue weighted by Gasteiger charge is -2.06. The Bertz CT molecular complexity index is 1030. The Morgan fingerprint density at radius 2 is 1.93 bits per heavy atom. The fourth-order valence-electron chi connectivity index (χ4n) is 2.38. The highest BCUT2D eigenvalue weighted by molar-refractivity contribution is 7.99. The lowest BCUT2D eigenvalue weighted by atomic mass is 10.3. The number of carbonyl (C=O) groups excluding carboxylic acids is 1. The molecule has 0 aliphatic carbocycles. The predicted molar refractivity (Wildman–Crippen MR) is 92.8 cm³/mol. The second-order valence-electron chi connectivity index (χ2n) is 5.56. The number of carbonyl (C=O) groups is 1. The number of tetrazole rings is 1. The zero-order valence-corrected chi connectivity index (χ0v) is 14.7. The van der Waals surface area contributed by atoms with Gasteiger partial charge in [0.2, 0.25) is 11.1 Å². The number of aromatic hydroxyl groups is 1. The van der Waals surface area contributed by atoms with Crippen LogP contribution in [0.2, 0.25) is 0 Å². The van der Waals surface area contributed by atoms with Crippen LogP contribution >= 0.6 is 11.8 Å². The highest BCUT2D eigenvalue weighted by Gasteiger charge is 2.43. The van der Waals surface area contributed by atoms with Crippen molar-refractivity contribution < 1.29 is 28.2 Å². The molecular formula is C16H11F2N5O4S. The molecule has 144 valence electrons. The van der Waals surface area contributed by atoms with E-state index in [1.54, 1.807) is 12.1 Å². The van der Waals surface area contributed by atoms with Gasteiger partial charge in [-0.05, 0) is 46.8 Å². The molecule has 0 fully saturated rings. The quantitative estimate of drug-likeness (QED) is 0.621. The van der Waals surface area contributed by atoms with Crippen molar-refractivity contribution in [2.45, 2.75) is 11.5 Å². The number of thioether (sulfide) groups is 1. The molecular weight excluding hydrogens is 396 g/mol. The lowest BCUT2D eigenvalue weighted by molar-refractivity contribution is -0.286. The van der Waals surface area contributed by atoms with Crippen molar-refractivity contribution in [3.63, 3.8) is 0 Å². The van der Waals surface area contributed by atoms with Crippen LogP contribution in [0.5, 0.6) is 17.2 Å². The Kier molecular flexibility index (Phi) is 4.47. The second kappa shape index (κ2) is 6.96. The highest BCUT2D eigenvalue weighted by Crippen LogP contribution is 2.42. The van der Waals surface area contributed by atoms with E-state index in [0.29, 0.717) is 10.8 Å². The van der Waals surface area contributed by atoms with E-state index in [1.165, 1.54) is 35.0 Å². The van der Waals surface area contributed by atoms with Gasteiger partial charge in [0.15, 0.2) is 11.5 Å². The monoisotopic (exact) mass is 407 g/mol. The number of nitrogens with zero attached hydrogens (tertiary/aromatic N) is 4. The van der Waals surface area contributed by atoms with Gasteiger partial charge in [-0.25, -0.2) is 0 Å². The number of amides is 1. The summed E-state index contributed by atoms with van der Waals surface area (Å²) >= 11 is 1.08. The number of rotatable bonds is 5. The van der Waals surface area contributed by atoms with Crippen LogP contribution in [-0.2, 0) is 4.79 Å². The molecule has 0 spiro atoms. The molecule has 3 aromatic rings. The summed E-state index contributed by atoms with van der Waals surface area (Å²) in [5.41, 5.74) is 0.895. The Morgan fingerprint density at radius 3 is 2.71 bits per heavy atom. The van der Waals surface area contributed by atoms with Gasteiger partial charge in [0.05, 0.1) is 11.4 Å². The van der Waals surface area contributed by atoms with Crippen LogP contribution in [0.25, 0.3) is 5.69 Å². The van der Waals surface area contributed by atoms with Crippen molar-refractivity contribution in [1.29, 1.82) is 0 Å². The van der Waals surface area contributed by atoms with E-state index < -0.39 is 12.2 Å². The number of phenolic OH excluding ortho intramolecular Hbond substituents is 1. The number of ether oxygens (including phenoxy) is 2. The van der Waals surface area contributed by atoms with Crippen molar-refractivity contribution in [3.05, 3.63) is 42.5 Å². The first kappa shape index (κ1) is 18.0. The maximum absolute atomic E-state index is 13.0. The van der Waals surface area contributed by atoms with E-state index in [1.807, 2.05) is 0 Å². The van der Waals surface area contributed by atoms with Gasteiger partial charge >= 0.3 is 6.29 Å². The highest BCUT2D eigenvalue weighted by atomic mass is 32.2. The third-order valence-electron chi connectivity index (χ3n) is 3.55. The number of fused-ring (bicyclic) bond motifs is 1. The molecule has 1 aliphatic rings. The Morgan fingerprint density at radius 1 is 1.18 bits per heavy atom. The minimum atomic E-state index is -3.72. The Balaban J connectivity index is 1.39. The number of phenols is 1. The summed E-state index contributed by atoms with van der Waals surface area (Å²) in [6.07, 6.45) is -3.72. The predicted octanol–water partition coefficient (Wildman–Crippen LogP) is 2.42. The fraction of sp³-hybridized carbons (Fsp3) is 0.125. The number of alkyl halides is 2. The van der Waals surface area contributed by atoms with Gasteiger partial charge < -0.3 is 19.9 Å². The van der Waals surface area contributed by atoms with E-state index in [-0.39, 0.29) is 28.7 Å². The number of hydrogen-bond donors (Lipinski definition) is 2. The summed E-state index contributed by atoms with van der Waals surface area (Å²) in [5, 5.41) is 23.6. The molecule has 0 radical (unpaired) electrons. The van der Waals surface area contributed by atoms with Crippen molar-refractivity contribution in [3.8, 4) is 22.9 Å². The Labute approximate surface area is 160 Å². The molecule has 12 heteroatoms. The third-order valence-corrected chi connectivity index (χ3v) is 4.47. The zero-order valence-electron chi connectivity index (χ0n) is 13.9. The summed E-state index contributed by atoms with van der Waals surface area (Å²) in [6.45, 7) is 0.